The molecule has 1 aromatic carbocycles. The van der Waals surface area contributed by atoms with Crippen LogP contribution in [0.3, 0.4) is 0 Å². The van der Waals surface area contributed by atoms with Crippen LogP contribution in [0.1, 0.15) is 25.7 Å². The zero-order valence-electron chi connectivity index (χ0n) is 10.9. The van der Waals surface area contributed by atoms with Gasteiger partial charge in [0.2, 0.25) is 10.0 Å². The van der Waals surface area contributed by atoms with Crippen LogP contribution in [-0.4, -0.2) is 26.7 Å². The number of aliphatic hydroxyl groups excluding tert-OH is 1. The van der Waals surface area contributed by atoms with Gasteiger partial charge in [0.15, 0.2) is 11.6 Å². The summed E-state index contributed by atoms with van der Waals surface area (Å²) in [6.45, 7) is 0.211. The maximum Gasteiger partial charge on any atom is 0.243 e. The number of unbranched alkanes of at least 4 members (excludes halogenated alkanes) is 3. The highest BCUT2D eigenvalue weighted by molar-refractivity contribution is 7.89. The first-order valence-corrected chi connectivity index (χ1v) is 7.72. The summed E-state index contributed by atoms with van der Waals surface area (Å²) in [7, 11) is -4.12. The molecule has 0 unspecified atom stereocenters. The van der Waals surface area contributed by atoms with Gasteiger partial charge in [-0.1, -0.05) is 12.8 Å². The lowest BCUT2D eigenvalue weighted by Crippen LogP contribution is -2.26. The summed E-state index contributed by atoms with van der Waals surface area (Å²) >= 11 is 0. The molecule has 0 aliphatic heterocycles. The third kappa shape index (κ3) is 4.69. The molecule has 0 aliphatic rings. The van der Waals surface area contributed by atoms with E-state index in [9.17, 15) is 17.2 Å². The summed E-state index contributed by atoms with van der Waals surface area (Å²) in [6.07, 6.45) is 2.71. The minimum atomic E-state index is -4.12. The standard InChI is InChI=1S/C12H18F2N2O3S/c13-10-7-9(15)8-11(12(10)14)20(18,19)16-5-3-1-2-4-6-17/h7-8,16-17H,1-6,15H2. The van der Waals surface area contributed by atoms with Crippen LogP contribution in [0.15, 0.2) is 17.0 Å². The molecule has 0 aromatic heterocycles. The monoisotopic (exact) mass is 308 g/mol. The summed E-state index contributed by atoms with van der Waals surface area (Å²) in [5.74, 6) is -2.74. The SMILES string of the molecule is Nc1cc(F)c(F)c(S(=O)(=O)NCCCCCCO)c1. The van der Waals surface area contributed by atoms with E-state index < -0.39 is 26.6 Å². The van der Waals surface area contributed by atoms with Crippen molar-refractivity contribution in [1.29, 1.82) is 0 Å². The number of aliphatic hydroxyl groups is 1. The average molecular weight is 308 g/mol. The lowest BCUT2D eigenvalue weighted by atomic mass is 10.2. The first-order valence-electron chi connectivity index (χ1n) is 6.23. The number of sulfonamides is 1. The van der Waals surface area contributed by atoms with Crippen LogP contribution in [0.2, 0.25) is 0 Å². The summed E-state index contributed by atoms with van der Waals surface area (Å²) in [5, 5.41) is 8.58. The fourth-order valence-electron chi connectivity index (χ4n) is 1.65. The summed E-state index contributed by atoms with van der Waals surface area (Å²) in [5.41, 5.74) is 5.15. The van der Waals surface area contributed by atoms with Gasteiger partial charge in [-0.25, -0.2) is 21.9 Å². The van der Waals surface area contributed by atoms with Gasteiger partial charge in [-0.3, -0.25) is 0 Å². The van der Waals surface area contributed by atoms with Gasteiger partial charge < -0.3 is 10.8 Å². The van der Waals surface area contributed by atoms with Crippen LogP contribution in [0.4, 0.5) is 14.5 Å². The van der Waals surface area contributed by atoms with Crippen molar-refractivity contribution in [2.75, 3.05) is 18.9 Å². The molecule has 1 rings (SSSR count). The normalized spacial score (nSPS) is 11.8. The highest BCUT2D eigenvalue weighted by atomic mass is 32.2. The Hall–Kier alpha value is -1.25. The van der Waals surface area contributed by atoms with E-state index in [1.807, 2.05) is 0 Å². The number of halogens is 2. The molecular weight excluding hydrogens is 290 g/mol. The quantitative estimate of drug-likeness (QED) is 0.499. The van der Waals surface area contributed by atoms with Gasteiger partial charge in [0, 0.05) is 18.8 Å². The predicted molar refractivity (Wildman–Crippen MR) is 71.5 cm³/mol. The second kappa shape index (κ2) is 7.51. The van der Waals surface area contributed by atoms with Gasteiger partial charge in [0.1, 0.15) is 4.90 Å². The zero-order chi connectivity index (χ0) is 15.2. The Labute approximate surface area is 116 Å². The largest absolute Gasteiger partial charge is 0.399 e. The van der Waals surface area contributed by atoms with Crippen molar-refractivity contribution in [3.05, 3.63) is 23.8 Å². The van der Waals surface area contributed by atoms with Crippen molar-refractivity contribution in [1.82, 2.24) is 4.72 Å². The summed E-state index contributed by atoms with van der Waals surface area (Å²) in [4.78, 5) is -0.787. The third-order valence-corrected chi connectivity index (χ3v) is 4.14. The molecule has 0 saturated carbocycles. The molecule has 0 saturated heterocycles. The summed E-state index contributed by atoms with van der Waals surface area (Å²) < 4.78 is 52.5. The van der Waals surface area contributed by atoms with Crippen molar-refractivity contribution < 1.29 is 22.3 Å². The number of benzene rings is 1. The zero-order valence-corrected chi connectivity index (χ0v) is 11.7. The second-order valence-electron chi connectivity index (χ2n) is 4.35. The Bertz CT molecular complexity index is 550. The first-order chi connectivity index (χ1) is 9.38. The Balaban J connectivity index is 2.65. The van der Waals surface area contributed by atoms with Crippen LogP contribution < -0.4 is 10.5 Å². The van der Waals surface area contributed by atoms with Crippen molar-refractivity contribution >= 4 is 15.7 Å². The number of nitrogen functional groups attached to an aromatic ring is 1. The topological polar surface area (TPSA) is 92.4 Å². The Morgan fingerprint density at radius 1 is 1.15 bits per heavy atom. The smallest absolute Gasteiger partial charge is 0.243 e. The first kappa shape index (κ1) is 16.8. The maximum atomic E-state index is 13.5. The van der Waals surface area contributed by atoms with Crippen molar-refractivity contribution in [2.45, 2.75) is 30.6 Å². The molecule has 8 heteroatoms. The lowest BCUT2D eigenvalue weighted by molar-refractivity contribution is 0.282. The number of hydrogen-bond donors (Lipinski definition) is 3. The Morgan fingerprint density at radius 3 is 2.45 bits per heavy atom. The molecule has 0 radical (unpaired) electrons. The molecule has 1 aromatic rings. The van der Waals surface area contributed by atoms with E-state index >= 15 is 0 Å². The number of anilines is 1. The minimum Gasteiger partial charge on any atom is -0.399 e. The van der Waals surface area contributed by atoms with Gasteiger partial charge in [0.25, 0.3) is 0 Å². The Kier molecular flexibility index (Phi) is 6.31. The van der Waals surface area contributed by atoms with Crippen LogP contribution in [0, 0.1) is 11.6 Å². The summed E-state index contributed by atoms with van der Waals surface area (Å²) in [6, 6.07) is 1.61. The van der Waals surface area contributed by atoms with Crippen LogP contribution in [0.25, 0.3) is 0 Å². The van der Waals surface area contributed by atoms with Gasteiger partial charge in [0.05, 0.1) is 0 Å². The molecule has 0 heterocycles. The van der Waals surface area contributed by atoms with E-state index in [0.29, 0.717) is 12.8 Å². The van der Waals surface area contributed by atoms with Crippen LogP contribution in [0.5, 0.6) is 0 Å². The number of hydrogen-bond acceptors (Lipinski definition) is 4. The van der Waals surface area contributed by atoms with Crippen molar-refractivity contribution in [3.63, 3.8) is 0 Å². The van der Waals surface area contributed by atoms with Crippen molar-refractivity contribution in [2.24, 2.45) is 0 Å². The van der Waals surface area contributed by atoms with Crippen LogP contribution >= 0.6 is 0 Å². The minimum absolute atomic E-state index is 0.0967. The van der Waals surface area contributed by atoms with E-state index in [-0.39, 0.29) is 18.8 Å². The highest BCUT2D eigenvalue weighted by Gasteiger charge is 2.22. The fourth-order valence-corrected chi connectivity index (χ4v) is 2.85. The molecule has 5 nitrogen and oxygen atoms in total. The number of rotatable bonds is 8. The predicted octanol–water partition coefficient (Wildman–Crippen LogP) is 1.38. The fraction of sp³-hybridized carbons (Fsp3) is 0.500. The number of nitrogens with one attached hydrogen (secondary N) is 1. The third-order valence-electron chi connectivity index (χ3n) is 2.68. The molecule has 0 fully saturated rings. The molecule has 0 aliphatic carbocycles. The maximum absolute atomic E-state index is 13.5. The van der Waals surface area contributed by atoms with Gasteiger partial charge in [-0.15, -0.1) is 0 Å². The molecule has 0 amide bonds. The van der Waals surface area contributed by atoms with Crippen molar-refractivity contribution in [3.8, 4) is 0 Å². The van der Waals surface area contributed by atoms with E-state index in [1.165, 1.54) is 0 Å². The van der Waals surface area contributed by atoms with E-state index in [1.54, 1.807) is 0 Å². The van der Waals surface area contributed by atoms with Gasteiger partial charge >= 0.3 is 0 Å². The molecule has 0 spiro atoms. The van der Waals surface area contributed by atoms with Gasteiger partial charge in [-0.05, 0) is 25.0 Å². The van der Waals surface area contributed by atoms with E-state index in [4.69, 9.17) is 10.8 Å². The number of nitrogens with two attached hydrogens (primary N) is 1. The van der Waals surface area contributed by atoms with Crippen LogP contribution in [-0.2, 0) is 10.0 Å². The second-order valence-corrected chi connectivity index (χ2v) is 6.09. The molecule has 0 atom stereocenters. The van der Waals surface area contributed by atoms with E-state index in [2.05, 4.69) is 4.72 Å². The van der Waals surface area contributed by atoms with E-state index in [0.717, 1.165) is 25.0 Å². The Morgan fingerprint density at radius 2 is 1.80 bits per heavy atom. The molecule has 0 bridgehead atoms. The molecule has 20 heavy (non-hydrogen) atoms. The lowest BCUT2D eigenvalue weighted by Gasteiger charge is -2.09. The van der Waals surface area contributed by atoms with Gasteiger partial charge in [-0.2, -0.15) is 0 Å². The molecule has 4 N–H and O–H groups in total. The average Bonchev–Trinajstić information content (AvgIpc) is 2.37. The highest BCUT2D eigenvalue weighted by Crippen LogP contribution is 2.20. The molecular formula is C12H18F2N2O3S. The molecule has 114 valence electrons.